The fourth-order valence-electron chi connectivity index (χ4n) is 1.71. The number of aromatic carboxylic acids is 1. The van der Waals surface area contributed by atoms with Gasteiger partial charge in [-0.2, -0.15) is 0 Å². The Labute approximate surface area is 122 Å². The number of carbonyl (C=O) groups is 1. The molecule has 0 unspecified atom stereocenters. The van der Waals surface area contributed by atoms with Crippen LogP contribution in [0.5, 0.6) is 17.2 Å². The van der Waals surface area contributed by atoms with Crippen molar-refractivity contribution in [3.63, 3.8) is 0 Å². The average molecular weight is 288 g/mol. The van der Waals surface area contributed by atoms with E-state index in [-0.39, 0.29) is 17.4 Å². The number of benzene rings is 1. The minimum Gasteiger partial charge on any atom is -0.493 e. The molecule has 21 heavy (non-hydrogen) atoms. The first-order chi connectivity index (χ1) is 10.0. The molecule has 1 aromatic heterocycles. The molecule has 110 valence electrons. The van der Waals surface area contributed by atoms with Crippen molar-refractivity contribution in [1.82, 2.24) is 9.97 Å². The second-order valence-electron chi connectivity index (χ2n) is 4.65. The first kappa shape index (κ1) is 14.8. The van der Waals surface area contributed by atoms with Gasteiger partial charge < -0.3 is 14.6 Å². The average Bonchev–Trinajstić information content (AvgIpc) is 2.47. The maximum absolute atomic E-state index is 11.3. The lowest BCUT2D eigenvalue weighted by molar-refractivity contribution is 0.0686. The van der Waals surface area contributed by atoms with E-state index in [1.165, 1.54) is 13.3 Å². The minimum absolute atomic E-state index is 0.0309. The van der Waals surface area contributed by atoms with Gasteiger partial charge in [0.2, 0.25) is 0 Å². The number of hydrogen-bond donors (Lipinski definition) is 1. The molecular formula is C15H16N2O4. The molecule has 0 radical (unpaired) electrons. The van der Waals surface area contributed by atoms with Gasteiger partial charge in [-0.1, -0.05) is 26.0 Å². The summed E-state index contributed by atoms with van der Waals surface area (Å²) in [6.07, 6.45) is 1.37. The predicted octanol–water partition coefficient (Wildman–Crippen LogP) is 3.10. The molecule has 0 spiro atoms. The predicted molar refractivity (Wildman–Crippen MR) is 76.1 cm³/mol. The van der Waals surface area contributed by atoms with Crippen LogP contribution >= 0.6 is 0 Å². The molecule has 1 heterocycles. The van der Waals surface area contributed by atoms with Gasteiger partial charge in [-0.05, 0) is 12.1 Å². The second kappa shape index (κ2) is 6.21. The third-order valence-electron chi connectivity index (χ3n) is 2.78. The number of para-hydroxylation sites is 2. The van der Waals surface area contributed by atoms with Crippen molar-refractivity contribution in [2.75, 3.05) is 7.11 Å². The fraction of sp³-hybridized carbons (Fsp3) is 0.267. The van der Waals surface area contributed by atoms with E-state index < -0.39 is 5.97 Å². The molecule has 6 nitrogen and oxygen atoms in total. The summed E-state index contributed by atoms with van der Waals surface area (Å²) in [6.45, 7) is 3.78. The van der Waals surface area contributed by atoms with Crippen LogP contribution in [0.15, 0.2) is 30.5 Å². The number of carboxylic acids is 1. The largest absolute Gasteiger partial charge is 0.493 e. The van der Waals surface area contributed by atoms with Crippen LogP contribution in [-0.4, -0.2) is 28.2 Å². The number of carboxylic acid groups (broad SMARTS) is 1. The van der Waals surface area contributed by atoms with E-state index in [0.717, 1.165) is 0 Å². The molecule has 0 fully saturated rings. The Morgan fingerprint density at radius 1 is 1.19 bits per heavy atom. The van der Waals surface area contributed by atoms with Gasteiger partial charge in [-0.3, -0.25) is 0 Å². The molecule has 6 heteroatoms. The quantitative estimate of drug-likeness (QED) is 0.910. The summed E-state index contributed by atoms with van der Waals surface area (Å²) in [5, 5.41) is 9.27. The summed E-state index contributed by atoms with van der Waals surface area (Å²) in [7, 11) is 1.51. The summed E-state index contributed by atoms with van der Waals surface area (Å²) in [5.41, 5.74) is -0.167. The molecule has 0 amide bonds. The van der Waals surface area contributed by atoms with Gasteiger partial charge in [0, 0.05) is 5.92 Å². The lowest BCUT2D eigenvalue weighted by atomic mass is 10.2. The Bertz CT molecular complexity index is 656. The molecule has 2 rings (SSSR count). The highest BCUT2D eigenvalue weighted by Gasteiger charge is 2.18. The van der Waals surface area contributed by atoms with Crippen LogP contribution in [0.3, 0.4) is 0 Å². The van der Waals surface area contributed by atoms with E-state index in [2.05, 4.69) is 9.97 Å². The zero-order valence-electron chi connectivity index (χ0n) is 12.0. The van der Waals surface area contributed by atoms with E-state index in [9.17, 15) is 9.90 Å². The maximum atomic E-state index is 11.3. The van der Waals surface area contributed by atoms with Gasteiger partial charge in [0.1, 0.15) is 5.82 Å². The van der Waals surface area contributed by atoms with Crippen molar-refractivity contribution < 1.29 is 19.4 Å². The van der Waals surface area contributed by atoms with Crippen molar-refractivity contribution in [2.45, 2.75) is 19.8 Å². The molecule has 0 saturated carbocycles. The summed E-state index contributed by atoms with van der Waals surface area (Å²) in [6, 6.07) is 6.96. The van der Waals surface area contributed by atoms with Crippen LogP contribution in [0.25, 0.3) is 0 Å². The molecule has 0 aliphatic carbocycles. The summed E-state index contributed by atoms with van der Waals surface area (Å²) in [5.74, 6) is 0.314. The van der Waals surface area contributed by atoms with Gasteiger partial charge in [-0.15, -0.1) is 0 Å². The molecule has 0 aliphatic heterocycles. The zero-order valence-corrected chi connectivity index (χ0v) is 12.0. The van der Waals surface area contributed by atoms with E-state index in [4.69, 9.17) is 9.47 Å². The molecular weight excluding hydrogens is 272 g/mol. The number of aromatic nitrogens is 2. The van der Waals surface area contributed by atoms with Gasteiger partial charge in [0.05, 0.1) is 13.3 Å². The SMILES string of the molecule is COc1ccccc1Oc1cnc(C(C)C)nc1C(=O)O. The van der Waals surface area contributed by atoms with Crippen molar-refractivity contribution >= 4 is 5.97 Å². The number of hydrogen-bond acceptors (Lipinski definition) is 5. The number of rotatable bonds is 5. The van der Waals surface area contributed by atoms with Gasteiger partial charge in [0.25, 0.3) is 0 Å². The first-order valence-corrected chi connectivity index (χ1v) is 6.44. The third-order valence-corrected chi connectivity index (χ3v) is 2.78. The topological polar surface area (TPSA) is 81.5 Å². The molecule has 2 aromatic rings. The van der Waals surface area contributed by atoms with Crippen molar-refractivity contribution in [2.24, 2.45) is 0 Å². The normalized spacial score (nSPS) is 10.5. The molecule has 0 atom stereocenters. The third kappa shape index (κ3) is 3.28. The van der Waals surface area contributed by atoms with E-state index >= 15 is 0 Å². The van der Waals surface area contributed by atoms with Gasteiger partial charge in [-0.25, -0.2) is 14.8 Å². The number of methoxy groups -OCH3 is 1. The van der Waals surface area contributed by atoms with Crippen LogP contribution in [0, 0.1) is 0 Å². The Kier molecular flexibility index (Phi) is 4.37. The Morgan fingerprint density at radius 3 is 2.43 bits per heavy atom. The molecule has 0 aliphatic rings. The number of nitrogens with zero attached hydrogens (tertiary/aromatic N) is 2. The van der Waals surface area contributed by atoms with Gasteiger partial charge in [0.15, 0.2) is 22.9 Å². The molecule has 1 aromatic carbocycles. The summed E-state index contributed by atoms with van der Waals surface area (Å²) < 4.78 is 10.8. The monoisotopic (exact) mass is 288 g/mol. The van der Waals surface area contributed by atoms with Crippen molar-refractivity contribution in [3.05, 3.63) is 42.0 Å². The van der Waals surface area contributed by atoms with Crippen LogP contribution in [-0.2, 0) is 0 Å². The highest BCUT2D eigenvalue weighted by Crippen LogP contribution is 2.32. The smallest absolute Gasteiger partial charge is 0.358 e. The van der Waals surface area contributed by atoms with Crippen LogP contribution in [0.4, 0.5) is 0 Å². The second-order valence-corrected chi connectivity index (χ2v) is 4.65. The standard InChI is InChI=1S/C15H16N2O4/c1-9(2)14-16-8-12(13(17-14)15(18)19)21-11-7-5-4-6-10(11)20-3/h4-9H,1-3H3,(H,18,19). The van der Waals surface area contributed by atoms with Crippen LogP contribution in [0.2, 0.25) is 0 Å². The van der Waals surface area contributed by atoms with Crippen molar-refractivity contribution in [3.8, 4) is 17.2 Å². The van der Waals surface area contributed by atoms with Crippen molar-refractivity contribution in [1.29, 1.82) is 0 Å². The molecule has 0 saturated heterocycles. The summed E-state index contributed by atoms with van der Waals surface area (Å²) in [4.78, 5) is 19.5. The fourth-order valence-corrected chi connectivity index (χ4v) is 1.71. The maximum Gasteiger partial charge on any atom is 0.358 e. The number of ether oxygens (including phenoxy) is 2. The summed E-state index contributed by atoms with van der Waals surface area (Å²) >= 11 is 0. The highest BCUT2D eigenvalue weighted by molar-refractivity contribution is 5.88. The van der Waals surface area contributed by atoms with E-state index in [1.54, 1.807) is 24.3 Å². The lowest BCUT2D eigenvalue weighted by Gasteiger charge is -2.12. The highest BCUT2D eigenvalue weighted by atomic mass is 16.5. The van der Waals surface area contributed by atoms with Crippen LogP contribution in [0.1, 0.15) is 36.1 Å². The molecule has 0 bridgehead atoms. The van der Waals surface area contributed by atoms with E-state index in [0.29, 0.717) is 17.3 Å². The lowest BCUT2D eigenvalue weighted by Crippen LogP contribution is -2.08. The zero-order chi connectivity index (χ0) is 15.4. The Morgan fingerprint density at radius 2 is 1.86 bits per heavy atom. The van der Waals surface area contributed by atoms with E-state index in [1.807, 2.05) is 13.8 Å². The Balaban J connectivity index is 2.42. The Hall–Kier alpha value is -2.63. The molecule has 1 N–H and O–H groups in total. The first-order valence-electron chi connectivity index (χ1n) is 6.44. The van der Waals surface area contributed by atoms with Crippen LogP contribution < -0.4 is 9.47 Å². The minimum atomic E-state index is -1.16. The van der Waals surface area contributed by atoms with Gasteiger partial charge >= 0.3 is 5.97 Å².